The van der Waals surface area contributed by atoms with Gasteiger partial charge in [0.05, 0.1) is 5.75 Å². The van der Waals surface area contributed by atoms with Gasteiger partial charge in [0.15, 0.2) is 6.04 Å². The first-order valence-corrected chi connectivity index (χ1v) is 7.82. The molecule has 21 heavy (non-hydrogen) atoms. The molecule has 0 heterocycles. The number of aliphatic carboxylic acids is 1. The molecule has 0 radical (unpaired) electrons. The van der Waals surface area contributed by atoms with E-state index in [0.717, 1.165) is 11.1 Å². The highest BCUT2D eigenvalue weighted by atomic mass is 32.2. The molecule has 0 spiro atoms. The standard InChI is InChI=1S/C16H23NO3S/c1-10-7-6-8-12(11(10)2)14(15(19)20)17-13(18)9-21-16(3,4)5/h6-8,14H,9H2,1-5H3,(H,17,18)(H,19,20). The van der Waals surface area contributed by atoms with Crippen molar-refractivity contribution in [1.29, 1.82) is 0 Å². The van der Waals surface area contributed by atoms with Crippen molar-refractivity contribution in [3.8, 4) is 0 Å². The highest BCUT2D eigenvalue weighted by Crippen LogP contribution is 2.24. The van der Waals surface area contributed by atoms with Crippen LogP contribution in [0.4, 0.5) is 0 Å². The van der Waals surface area contributed by atoms with Crippen molar-refractivity contribution in [2.24, 2.45) is 0 Å². The molecule has 0 saturated heterocycles. The number of hydrogen-bond donors (Lipinski definition) is 2. The van der Waals surface area contributed by atoms with Crippen LogP contribution in [0.2, 0.25) is 0 Å². The number of amides is 1. The predicted octanol–water partition coefficient (Wildman–Crippen LogP) is 3.08. The molecule has 0 aliphatic rings. The second-order valence-corrected chi connectivity index (χ2v) is 7.83. The monoisotopic (exact) mass is 309 g/mol. The third kappa shape index (κ3) is 5.42. The van der Waals surface area contributed by atoms with Crippen LogP contribution in [-0.4, -0.2) is 27.5 Å². The summed E-state index contributed by atoms with van der Waals surface area (Å²) in [6.45, 7) is 9.85. The number of aryl methyl sites for hydroxylation is 1. The SMILES string of the molecule is Cc1cccc(C(NC(=O)CSC(C)(C)C)C(=O)O)c1C. The molecule has 1 atom stereocenters. The van der Waals surface area contributed by atoms with Crippen LogP contribution in [0.1, 0.15) is 43.5 Å². The van der Waals surface area contributed by atoms with E-state index in [1.807, 2.05) is 46.8 Å². The van der Waals surface area contributed by atoms with Crippen molar-refractivity contribution in [2.75, 3.05) is 5.75 Å². The number of hydrogen-bond acceptors (Lipinski definition) is 3. The Labute approximate surface area is 130 Å². The van der Waals surface area contributed by atoms with Gasteiger partial charge in [-0.1, -0.05) is 39.0 Å². The molecule has 0 aliphatic carbocycles. The van der Waals surface area contributed by atoms with Gasteiger partial charge >= 0.3 is 5.97 Å². The van der Waals surface area contributed by atoms with E-state index < -0.39 is 12.0 Å². The second kappa shape index (κ2) is 6.98. The first kappa shape index (κ1) is 17.6. The first-order chi connectivity index (χ1) is 9.61. The lowest BCUT2D eigenvalue weighted by Crippen LogP contribution is -2.36. The fourth-order valence-corrected chi connectivity index (χ4v) is 2.49. The lowest BCUT2D eigenvalue weighted by molar-refractivity contribution is -0.141. The molecule has 1 aromatic rings. The minimum absolute atomic E-state index is 0.0324. The smallest absolute Gasteiger partial charge is 0.330 e. The average Bonchev–Trinajstić information content (AvgIpc) is 2.36. The summed E-state index contributed by atoms with van der Waals surface area (Å²) >= 11 is 1.49. The molecular formula is C16H23NO3S. The van der Waals surface area contributed by atoms with Crippen LogP contribution in [0.15, 0.2) is 18.2 Å². The molecule has 0 fully saturated rings. The van der Waals surface area contributed by atoms with Crippen molar-refractivity contribution >= 4 is 23.6 Å². The Morgan fingerprint density at radius 2 is 1.90 bits per heavy atom. The summed E-state index contributed by atoms with van der Waals surface area (Å²) in [6, 6.07) is 4.48. The molecule has 1 aromatic carbocycles. The quantitative estimate of drug-likeness (QED) is 0.877. The maximum Gasteiger partial charge on any atom is 0.330 e. The summed E-state index contributed by atoms with van der Waals surface area (Å²) < 4.78 is -0.0324. The summed E-state index contributed by atoms with van der Waals surface area (Å²) in [4.78, 5) is 23.5. The van der Waals surface area contributed by atoms with Crippen molar-refractivity contribution in [1.82, 2.24) is 5.32 Å². The number of carboxylic acids is 1. The van der Waals surface area contributed by atoms with Crippen molar-refractivity contribution < 1.29 is 14.7 Å². The van der Waals surface area contributed by atoms with Gasteiger partial charge < -0.3 is 10.4 Å². The van der Waals surface area contributed by atoms with Crippen molar-refractivity contribution in [2.45, 2.75) is 45.4 Å². The maximum atomic E-state index is 12.0. The highest BCUT2D eigenvalue weighted by Gasteiger charge is 2.24. The van der Waals surface area contributed by atoms with Crippen LogP contribution in [0, 0.1) is 13.8 Å². The van der Waals surface area contributed by atoms with Gasteiger partial charge in [0.1, 0.15) is 0 Å². The van der Waals surface area contributed by atoms with Crippen molar-refractivity contribution in [3.63, 3.8) is 0 Å². The Balaban J connectivity index is 2.86. The molecule has 1 rings (SSSR count). The van der Waals surface area contributed by atoms with Gasteiger partial charge in [0.2, 0.25) is 5.91 Å². The number of nitrogens with one attached hydrogen (secondary N) is 1. The van der Waals surface area contributed by atoms with Gasteiger partial charge in [0, 0.05) is 4.75 Å². The normalized spacial score (nSPS) is 12.8. The van der Waals surface area contributed by atoms with Crippen LogP contribution in [-0.2, 0) is 9.59 Å². The van der Waals surface area contributed by atoms with Gasteiger partial charge in [-0.2, -0.15) is 0 Å². The van der Waals surface area contributed by atoms with Gasteiger partial charge in [-0.05, 0) is 30.5 Å². The zero-order chi connectivity index (χ0) is 16.2. The second-order valence-electron chi connectivity index (χ2n) is 6.03. The van der Waals surface area contributed by atoms with Gasteiger partial charge in [-0.25, -0.2) is 4.79 Å². The van der Waals surface area contributed by atoms with Crippen LogP contribution in [0.25, 0.3) is 0 Å². The first-order valence-electron chi connectivity index (χ1n) is 6.84. The Hall–Kier alpha value is -1.49. The molecule has 0 aliphatic heterocycles. The van der Waals surface area contributed by atoms with Crippen LogP contribution < -0.4 is 5.32 Å². The molecule has 1 amide bonds. The van der Waals surface area contributed by atoms with E-state index in [2.05, 4.69) is 5.32 Å². The molecule has 4 nitrogen and oxygen atoms in total. The number of carbonyl (C=O) groups excluding carboxylic acids is 1. The summed E-state index contributed by atoms with van der Waals surface area (Å²) in [5.41, 5.74) is 2.54. The minimum atomic E-state index is -1.04. The number of thioether (sulfide) groups is 1. The Morgan fingerprint density at radius 3 is 2.43 bits per heavy atom. The molecule has 1 unspecified atom stereocenters. The topological polar surface area (TPSA) is 66.4 Å². The van der Waals surface area contributed by atoms with E-state index in [9.17, 15) is 14.7 Å². The molecule has 5 heteroatoms. The number of carboxylic acid groups (broad SMARTS) is 1. The Bertz CT molecular complexity index is 535. The van der Waals surface area contributed by atoms with E-state index in [0.29, 0.717) is 5.56 Å². The molecule has 116 valence electrons. The van der Waals surface area contributed by atoms with E-state index in [1.54, 1.807) is 6.07 Å². The lowest BCUT2D eigenvalue weighted by Gasteiger charge is -2.20. The number of carbonyl (C=O) groups is 2. The highest BCUT2D eigenvalue weighted by molar-refractivity contribution is 8.01. The third-order valence-corrected chi connectivity index (χ3v) is 4.42. The minimum Gasteiger partial charge on any atom is -0.479 e. The van der Waals surface area contributed by atoms with Crippen LogP contribution in [0.5, 0.6) is 0 Å². The summed E-state index contributed by atoms with van der Waals surface area (Å²) in [5.74, 6) is -1.06. The van der Waals surface area contributed by atoms with E-state index >= 15 is 0 Å². The predicted molar refractivity (Wildman–Crippen MR) is 86.6 cm³/mol. The number of rotatable bonds is 5. The summed E-state index contributed by atoms with van der Waals surface area (Å²) in [6.07, 6.45) is 0. The number of benzene rings is 1. The van der Waals surface area contributed by atoms with Crippen LogP contribution in [0.3, 0.4) is 0 Å². The molecule has 0 saturated carbocycles. The maximum absolute atomic E-state index is 12.0. The summed E-state index contributed by atoms with van der Waals surface area (Å²) in [7, 11) is 0. The third-order valence-electron chi connectivity index (χ3n) is 3.15. The van der Waals surface area contributed by atoms with E-state index in [4.69, 9.17) is 0 Å². The molecule has 0 bridgehead atoms. The fourth-order valence-electron chi connectivity index (χ4n) is 1.84. The van der Waals surface area contributed by atoms with E-state index in [1.165, 1.54) is 11.8 Å². The Morgan fingerprint density at radius 1 is 1.29 bits per heavy atom. The zero-order valence-corrected chi connectivity index (χ0v) is 14.0. The largest absolute Gasteiger partial charge is 0.479 e. The Kier molecular flexibility index (Phi) is 5.84. The molecule has 2 N–H and O–H groups in total. The molecule has 0 aromatic heterocycles. The van der Waals surface area contributed by atoms with Gasteiger partial charge in [0.25, 0.3) is 0 Å². The lowest BCUT2D eigenvalue weighted by atomic mass is 9.97. The van der Waals surface area contributed by atoms with Gasteiger partial charge in [-0.3, -0.25) is 4.79 Å². The fraction of sp³-hybridized carbons (Fsp3) is 0.500. The zero-order valence-electron chi connectivity index (χ0n) is 13.2. The van der Waals surface area contributed by atoms with Gasteiger partial charge in [-0.15, -0.1) is 11.8 Å². The van der Waals surface area contributed by atoms with Crippen molar-refractivity contribution in [3.05, 3.63) is 34.9 Å². The molecular weight excluding hydrogens is 286 g/mol. The van der Waals surface area contributed by atoms with Crippen LogP contribution >= 0.6 is 11.8 Å². The average molecular weight is 309 g/mol. The van der Waals surface area contributed by atoms with E-state index in [-0.39, 0.29) is 16.4 Å². The summed E-state index contributed by atoms with van der Waals surface area (Å²) in [5, 5.41) is 12.0.